The quantitative estimate of drug-likeness (QED) is 0.528. The zero-order valence-corrected chi connectivity index (χ0v) is 14.2. The van der Waals surface area contributed by atoms with Crippen LogP contribution in [-0.4, -0.2) is 16.6 Å². The summed E-state index contributed by atoms with van der Waals surface area (Å²) in [5.74, 6) is 1.68. The summed E-state index contributed by atoms with van der Waals surface area (Å²) in [6.45, 7) is 2.23. The first-order valence-electron chi connectivity index (χ1n) is 7.48. The highest BCUT2D eigenvalue weighted by atomic mass is 19.3. The number of nitrogens with two attached hydrogens (primary N) is 3. The molecule has 0 radical (unpaired) electrons. The Labute approximate surface area is 148 Å². The molecule has 1 aromatic carbocycles. The predicted molar refractivity (Wildman–Crippen MR) is 91.6 cm³/mol. The van der Waals surface area contributed by atoms with Gasteiger partial charge in [-0.2, -0.15) is 4.98 Å². The molecule has 0 aliphatic rings. The van der Waals surface area contributed by atoms with Gasteiger partial charge >= 0.3 is 6.01 Å². The molecule has 0 aliphatic carbocycles. The lowest BCUT2D eigenvalue weighted by atomic mass is 10.1. The number of nitrogens with zero attached hydrogens (tertiary/aromatic N) is 3. The van der Waals surface area contributed by atoms with Crippen LogP contribution >= 0.6 is 0 Å². The van der Waals surface area contributed by atoms with Crippen molar-refractivity contribution in [1.29, 1.82) is 0 Å². The van der Waals surface area contributed by atoms with Gasteiger partial charge in [-0.15, -0.1) is 0 Å². The normalized spacial score (nSPS) is 12.2. The summed E-state index contributed by atoms with van der Waals surface area (Å²) in [6, 6.07) is 3.14. The highest BCUT2D eigenvalue weighted by Crippen LogP contribution is 2.31. The summed E-state index contributed by atoms with van der Waals surface area (Å²) >= 11 is 0. The molecule has 0 saturated carbocycles. The largest absolute Gasteiger partial charge is 0.457 e. The molecule has 0 fully saturated rings. The average molecular weight is 368 g/mol. The van der Waals surface area contributed by atoms with E-state index in [1.54, 1.807) is 6.92 Å². The third-order valence-corrected chi connectivity index (χ3v) is 3.38. The molecule has 0 bridgehead atoms. The molecule has 26 heavy (non-hydrogen) atoms. The van der Waals surface area contributed by atoms with Crippen LogP contribution in [0.4, 0.5) is 24.7 Å². The summed E-state index contributed by atoms with van der Waals surface area (Å²) in [5, 5.41) is 0.984. The first kappa shape index (κ1) is 19.3. The van der Waals surface area contributed by atoms with Crippen molar-refractivity contribution in [2.45, 2.75) is 19.8 Å². The van der Waals surface area contributed by atoms with Crippen molar-refractivity contribution in [1.82, 2.24) is 9.97 Å². The molecular weight excluding hydrogens is 349 g/mol. The SMILES string of the molecule is Cc1cnc(OC/C(N)=C/N(N)c2ccc(F)c(C(C)(F)F)c2)nc1N. The minimum atomic E-state index is -3.35. The number of anilines is 2. The second kappa shape index (κ2) is 7.48. The predicted octanol–water partition coefficient (Wildman–Crippen LogP) is 2.18. The molecule has 6 N–H and O–H groups in total. The van der Waals surface area contributed by atoms with Gasteiger partial charge in [0.05, 0.1) is 16.9 Å². The second-order valence-electron chi connectivity index (χ2n) is 5.67. The van der Waals surface area contributed by atoms with E-state index in [0.717, 1.165) is 17.1 Å². The van der Waals surface area contributed by atoms with E-state index >= 15 is 0 Å². The zero-order chi connectivity index (χ0) is 19.5. The molecule has 0 amide bonds. The van der Waals surface area contributed by atoms with Crippen LogP contribution < -0.4 is 27.1 Å². The first-order valence-corrected chi connectivity index (χ1v) is 7.48. The molecule has 2 rings (SSSR count). The van der Waals surface area contributed by atoms with Gasteiger partial charge in [0.1, 0.15) is 18.2 Å². The maximum absolute atomic E-state index is 13.5. The number of hydrogen-bond donors (Lipinski definition) is 3. The molecule has 0 unspecified atom stereocenters. The van der Waals surface area contributed by atoms with Gasteiger partial charge in [-0.25, -0.2) is 24.0 Å². The van der Waals surface area contributed by atoms with Gasteiger partial charge in [-0.05, 0) is 25.1 Å². The maximum atomic E-state index is 13.5. The molecule has 0 aliphatic heterocycles. The van der Waals surface area contributed by atoms with Crippen molar-refractivity contribution in [3.05, 3.63) is 53.2 Å². The third kappa shape index (κ3) is 4.76. The number of rotatable bonds is 6. The van der Waals surface area contributed by atoms with Crippen LogP contribution in [0, 0.1) is 12.7 Å². The van der Waals surface area contributed by atoms with E-state index < -0.39 is 17.3 Å². The Bertz CT molecular complexity index is 822. The number of aromatic nitrogens is 2. The Morgan fingerprint density at radius 3 is 2.69 bits per heavy atom. The van der Waals surface area contributed by atoms with Crippen LogP contribution in [-0.2, 0) is 5.92 Å². The Balaban J connectivity index is 2.09. The van der Waals surface area contributed by atoms with E-state index in [1.807, 2.05) is 0 Å². The van der Waals surface area contributed by atoms with Crippen molar-refractivity contribution in [3.63, 3.8) is 0 Å². The van der Waals surface area contributed by atoms with Crippen molar-refractivity contribution < 1.29 is 17.9 Å². The second-order valence-corrected chi connectivity index (χ2v) is 5.67. The molecular formula is C16H19F3N6O. The third-order valence-electron chi connectivity index (χ3n) is 3.38. The van der Waals surface area contributed by atoms with Gasteiger partial charge in [0.15, 0.2) is 0 Å². The molecule has 0 saturated heterocycles. The number of hydrazine groups is 1. The van der Waals surface area contributed by atoms with Crippen molar-refractivity contribution >= 4 is 11.5 Å². The monoisotopic (exact) mass is 368 g/mol. The first-order chi connectivity index (χ1) is 12.1. The van der Waals surface area contributed by atoms with E-state index in [9.17, 15) is 13.2 Å². The van der Waals surface area contributed by atoms with E-state index in [2.05, 4.69) is 9.97 Å². The Morgan fingerprint density at radius 2 is 2.08 bits per heavy atom. The highest BCUT2D eigenvalue weighted by molar-refractivity contribution is 5.51. The Morgan fingerprint density at radius 1 is 1.38 bits per heavy atom. The van der Waals surface area contributed by atoms with Gasteiger partial charge in [0, 0.05) is 24.9 Å². The fourth-order valence-electron chi connectivity index (χ4n) is 1.96. The molecule has 2 aromatic rings. The molecule has 1 aromatic heterocycles. The molecule has 0 spiro atoms. The van der Waals surface area contributed by atoms with Crippen LogP contribution in [0.1, 0.15) is 18.1 Å². The summed E-state index contributed by atoms with van der Waals surface area (Å²) in [7, 11) is 0. The molecule has 1 heterocycles. The number of ether oxygens (including phenoxy) is 1. The van der Waals surface area contributed by atoms with Gasteiger partial charge in [-0.1, -0.05) is 0 Å². The highest BCUT2D eigenvalue weighted by Gasteiger charge is 2.28. The summed E-state index contributed by atoms with van der Waals surface area (Å²) in [6.07, 6.45) is 2.75. The van der Waals surface area contributed by atoms with E-state index in [-0.39, 0.29) is 29.8 Å². The lowest BCUT2D eigenvalue weighted by molar-refractivity contribution is 0.0138. The zero-order valence-electron chi connectivity index (χ0n) is 14.2. The standard InChI is InChI=1S/C16H19F3N6O/c1-9-6-23-15(24-14(9)21)26-8-10(20)7-25(22)11-3-4-13(17)12(5-11)16(2,18)19/h3-7H,8,20,22H2,1-2H3,(H2,21,23,24)/b10-7-. The minimum Gasteiger partial charge on any atom is -0.457 e. The molecule has 140 valence electrons. The summed E-state index contributed by atoms with van der Waals surface area (Å²) in [4.78, 5) is 7.85. The van der Waals surface area contributed by atoms with Crippen LogP contribution in [0.3, 0.4) is 0 Å². The summed E-state index contributed by atoms with van der Waals surface area (Å²) in [5.41, 5.74) is 11.7. The topological polar surface area (TPSA) is 116 Å². The van der Waals surface area contributed by atoms with Crippen molar-refractivity contribution in [3.8, 4) is 6.01 Å². The number of halogens is 3. The van der Waals surface area contributed by atoms with Crippen LogP contribution in [0.5, 0.6) is 6.01 Å². The van der Waals surface area contributed by atoms with Crippen LogP contribution in [0.2, 0.25) is 0 Å². The van der Waals surface area contributed by atoms with E-state index in [0.29, 0.717) is 12.5 Å². The molecule has 10 heteroatoms. The minimum absolute atomic E-state index is 0.0303. The van der Waals surface area contributed by atoms with Gasteiger partial charge in [-0.3, -0.25) is 5.01 Å². The molecule has 7 nitrogen and oxygen atoms in total. The fraction of sp³-hybridized carbons (Fsp3) is 0.250. The van der Waals surface area contributed by atoms with Gasteiger partial charge < -0.3 is 16.2 Å². The van der Waals surface area contributed by atoms with Gasteiger partial charge in [0.2, 0.25) is 0 Å². The number of alkyl halides is 2. The summed E-state index contributed by atoms with van der Waals surface area (Å²) < 4.78 is 45.6. The molecule has 0 atom stereocenters. The lowest BCUT2D eigenvalue weighted by Crippen LogP contribution is -2.28. The number of nitrogen functional groups attached to an aromatic ring is 1. The average Bonchev–Trinajstić information content (AvgIpc) is 2.55. The van der Waals surface area contributed by atoms with Crippen molar-refractivity contribution in [2.24, 2.45) is 11.6 Å². The Hall–Kier alpha value is -3.01. The number of benzene rings is 1. The van der Waals surface area contributed by atoms with Crippen molar-refractivity contribution in [2.75, 3.05) is 17.3 Å². The number of hydrogen-bond acceptors (Lipinski definition) is 7. The van der Waals surface area contributed by atoms with Crippen LogP contribution in [0.25, 0.3) is 0 Å². The number of aryl methyl sites for hydroxylation is 1. The van der Waals surface area contributed by atoms with E-state index in [4.69, 9.17) is 22.0 Å². The Kier molecular flexibility index (Phi) is 5.56. The maximum Gasteiger partial charge on any atom is 0.318 e. The smallest absolute Gasteiger partial charge is 0.318 e. The lowest BCUT2D eigenvalue weighted by Gasteiger charge is -2.18. The van der Waals surface area contributed by atoms with Crippen LogP contribution in [0.15, 0.2) is 36.3 Å². The van der Waals surface area contributed by atoms with E-state index in [1.165, 1.54) is 18.5 Å². The fourth-order valence-corrected chi connectivity index (χ4v) is 1.96. The van der Waals surface area contributed by atoms with Gasteiger partial charge in [0.25, 0.3) is 5.92 Å².